The predicted molar refractivity (Wildman–Crippen MR) is 90.9 cm³/mol. The van der Waals surface area contributed by atoms with Gasteiger partial charge in [0.1, 0.15) is 0 Å². The van der Waals surface area contributed by atoms with Crippen LogP contribution in [0.3, 0.4) is 0 Å². The zero-order valence-electron chi connectivity index (χ0n) is 11.6. The number of nitrogens with zero attached hydrogens (tertiary/aromatic N) is 2. The van der Waals surface area contributed by atoms with Gasteiger partial charge in [0.15, 0.2) is 4.34 Å². The fourth-order valence-corrected chi connectivity index (χ4v) is 3.83. The number of anilines is 1. The standard InChI is InChI=1S/C13H15BrN4OS2/c1-8(9-5-3-4-6-10(9)14)16-11(19)7-20-13-18-17-12(15-2)21-13/h3-6,8H,7H2,1-2H3,(H,15,17)(H,16,19)/t8-/m1/s1. The Morgan fingerprint density at radius 2 is 2.19 bits per heavy atom. The molecule has 0 fully saturated rings. The maximum absolute atomic E-state index is 12.0. The highest BCUT2D eigenvalue weighted by Crippen LogP contribution is 2.26. The number of hydrogen-bond donors (Lipinski definition) is 2. The van der Waals surface area contributed by atoms with Crippen molar-refractivity contribution < 1.29 is 4.79 Å². The minimum Gasteiger partial charge on any atom is -0.363 e. The number of rotatable bonds is 6. The summed E-state index contributed by atoms with van der Waals surface area (Å²) in [7, 11) is 1.79. The number of aromatic nitrogens is 2. The summed E-state index contributed by atoms with van der Waals surface area (Å²) in [6.07, 6.45) is 0. The third-order valence-electron chi connectivity index (χ3n) is 2.70. The van der Waals surface area contributed by atoms with Gasteiger partial charge in [-0.2, -0.15) is 0 Å². The van der Waals surface area contributed by atoms with Gasteiger partial charge in [0.25, 0.3) is 0 Å². The second kappa shape index (κ2) is 7.77. The summed E-state index contributed by atoms with van der Waals surface area (Å²) in [5.41, 5.74) is 1.06. The van der Waals surface area contributed by atoms with Crippen molar-refractivity contribution in [2.75, 3.05) is 18.1 Å². The average Bonchev–Trinajstić information content (AvgIpc) is 2.93. The van der Waals surface area contributed by atoms with Crippen LogP contribution >= 0.6 is 39.0 Å². The van der Waals surface area contributed by atoms with E-state index in [1.807, 2.05) is 31.2 Å². The molecule has 1 aromatic carbocycles. The average molecular weight is 387 g/mol. The molecule has 0 aliphatic heterocycles. The fourth-order valence-electron chi connectivity index (χ4n) is 1.68. The van der Waals surface area contributed by atoms with Gasteiger partial charge in [-0.25, -0.2) is 0 Å². The lowest BCUT2D eigenvalue weighted by atomic mass is 10.1. The van der Waals surface area contributed by atoms with E-state index >= 15 is 0 Å². The number of halogens is 1. The van der Waals surface area contributed by atoms with Gasteiger partial charge in [0, 0.05) is 11.5 Å². The number of carbonyl (C=O) groups excluding carboxylic acids is 1. The Balaban J connectivity index is 1.85. The third-order valence-corrected chi connectivity index (χ3v) is 5.49. The normalized spacial score (nSPS) is 12.0. The van der Waals surface area contributed by atoms with Crippen molar-refractivity contribution >= 4 is 50.1 Å². The second-order valence-corrected chi connectivity index (χ2v) is 7.28. The number of nitrogens with one attached hydrogen (secondary N) is 2. The van der Waals surface area contributed by atoms with Crippen LogP contribution in [0.4, 0.5) is 5.13 Å². The van der Waals surface area contributed by atoms with Crippen molar-refractivity contribution in [2.24, 2.45) is 0 Å². The van der Waals surface area contributed by atoms with Crippen LogP contribution in [-0.4, -0.2) is 28.9 Å². The molecule has 0 radical (unpaired) electrons. The van der Waals surface area contributed by atoms with Crippen LogP contribution in [-0.2, 0) is 4.79 Å². The maximum atomic E-state index is 12.0. The molecule has 0 unspecified atom stereocenters. The van der Waals surface area contributed by atoms with Crippen molar-refractivity contribution in [1.29, 1.82) is 0 Å². The first kappa shape index (κ1) is 16.3. The molecule has 0 bridgehead atoms. The summed E-state index contributed by atoms with van der Waals surface area (Å²) in [6.45, 7) is 1.96. The minimum absolute atomic E-state index is 0.0236. The van der Waals surface area contributed by atoms with Gasteiger partial charge in [-0.05, 0) is 18.6 Å². The fraction of sp³-hybridized carbons (Fsp3) is 0.308. The van der Waals surface area contributed by atoms with Crippen molar-refractivity contribution in [2.45, 2.75) is 17.3 Å². The second-order valence-electron chi connectivity index (χ2n) is 4.22. The molecule has 1 aromatic heterocycles. The van der Waals surface area contributed by atoms with Crippen LogP contribution in [0.5, 0.6) is 0 Å². The van der Waals surface area contributed by atoms with Gasteiger partial charge in [-0.1, -0.05) is 57.2 Å². The molecule has 0 aliphatic carbocycles. The van der Waals surface area contributed by atoms with E-state index in [2.05, 4.69) is 36.8 Å². The number of benzene rings is 1. The molecule has 5 nitrogen and oxygen atoms in total. The van der Waals surface area contributed by atoms with Crippen molar-refractivity contribution in [1.82, 2.24) is 15.5 Å². The highest BCUT2D eigenvalue weighted by molar-refractivity contribution is 9.10. The molecule has 21 heavy (non-hydrogen) atoms. The molecule has 1 atom stereocenters. The first-order chi connectivity index (χ1) is 10.1. The predicted octanol–water partition coefficient (Wildman–Crippen LogP) is 3.31. The monoisotopic (exact) mass is 386 g/mol. The van der Waals surface area contributed by atoms with E-state index in [1.54, 1.807) is 7.05 Å². The molecule has 2 rings (SSSR count). The van der Waals surface area contributed by atoms with Gasteiger partial charge in [0.2, 0.25) is 11.0 Å². The van der Waals surface area contributed by atoms with Crippen LogP contribution in [0.15, 0.2) is 33.1 Å². The molecule has 112 valence electrons. The zero-order chi connectivity index (χ0) is 15.2. The summed E-state index contributed by atoms with van der Waals surface area (Å²) in [4.78, 5) is 12.0. The number of carbonyl (C=O) groups is 1. The molecule has 0 saturated carbocycles. The molecule has 1 heterocycles. The summed E-state index contributed by atoms with van der Waals surface area (Å²) in [5.74, 6) is 0.303. The van der Waals surface area contributed by atoms with Crippen molar-refractivity contribution in [3.8, 4) is 0 Å². The molecule has 8 heteroatoms. The van der Waals surface area contributed by atoms with E-state index < -0.39 is 0 Å². The van der Waals surface area contributed by atoms with E-state index in [1.165, 1.54) is 23.1 Å². The van der Waals surface area contributed by atoms with E-state index in [0.29, 0.717) is 5.75 Å². The highest BCUT2D eigenvalue weighted by atomic mass is 79.9. The van der Waals surface area contributed by atoms with Crippen LogP contribution in [0.25, 0.3) is 0 Å². The molecule has 1 amide bonds. The largest absolute Gasteiger partial charge is 0.363 e. The van der Waals surface area contributed by atoms with Gasteiger partial charge >= 0.3 is 0 Å². The Morgan fingerprint density at radius 1 is 1.43 bits per heavy atom. The Labute approximate surface area is 140 Å². The number of thioether (sulfide) groups is 1. The van der Waals surface area contributed by atoms with Crippen molar-refractivity contribution in [3.05, 3.63) is 34.3 Å². The topological polar surface area (TPSA) is 66.9 Å². The van der Waals surface area contributed by atoms with Gasteiger partial charge in [0.05, 0.1) is 11.8 Å². The van der Waals surface area contributed by atoms with Gasteiger partial charge in [-0.3, -0.25) is 4.79 Å². The number of amides is 1. The summed E-state index contributed by atoms with van der Waals surface area (Å²) >= 11 is 6.32. The zero-order valence-corrected chi connectivity index (χ0v) is 14.8. The first-order valence-corrected chi connectivity index (χ1v) is 8.87. The molecule has 0 spiro atoms. The first-order valence-electron chi connectivity index (χ1n) is 6.28. The van der Waals surface area contributed by atoms with Gasteiger partial charge in [-0.15, -0.1) is 10.2 Å². The Bertz CT molecular complexity index is 620. The summed E-state index contributed by atoms with van der Waals surface area (Å²) in [5, 5.41) is 14.6. The maximum Gasteiger partial charge on any atom is 0.230 e. The highest BCUT2D eigenvalue weighted by Gasteiger charge is 2.13. The van der Waals surface area contributed by atoms with E-state index in [-0.39, 0.29) is 11.9 Å². The molecule has 0 saturated heterocycles. The molecule has 2 aromatic rings. The summed E-state index contributed by atoms with van der Waals surface area (Å²) < 4.78 is 1.77. The van der Waals surface area contributed by atoms with E-state index in [0.717, 1.165) is 19.5 Å². The summed E-state index contributed by atoms with van der Waals surface area (Å²) in [6, 6.07) is 7.82. The Kier molecular flexibility index (Phi) is 6.01. The van der Waals surface area contributed by atoms with E-state index in [4.69, 9.17) is 0 Å². The van der Waals surface area contributed by atoms with Crippen molar-refractivity contribution in [3.63, 3.8) is 0 Å². The smallest absolute Gasteiger partial charge is 0.230 e. The number of hydrogen-bond acceptors (Lipinski definition) is 6. The Morgan fingerprint density at radius 3 is 2.86 bits per heavy atom. The quantitative estimate of drug-likeness (QED) is 0.745. The van der Waals surface area contributed by atoms with Crippen LogP contribution < -0.4 is 10.6 Å². The minimum atomic E-state index is -0.0454. The van der Waals surface area contributed by atoms with Gasteiger partial charge < -0.3 is 10.6 Å². The van der Waals surface area contributed by atoms with Crippen LogP contribution in [0, 0.1) is 0 Å². The lowest BCUT2D eigenvalue weighted by Crippen LogP contribution is -2.28. The lowest BCUT2D eigenvalue weighted by molar-refractivity contribution is -0.119. The SMILES string of the molecule is CNc1nnc(SCC(=O)N[C@H](C)c2ccccc2Br)s1. The lowest BCUT2D eigenvalue weighted by Gasteiger charge is -2.15. The van der Waals surface area contributed by atoms with Crippen LogP contribution in [0.1, 0.15) is 18.5 Å². The molecule has 2 N–H and O–H groups in total. The molecular formula is C13H15BrN4OS2. The Hall–Kier alpha value is -1.12. The van der Waals surface area contributed by atoms with Crippen LogP contribution in [0.2, 0.25) is 0 Å². The van der Waals surface area contributed by atoms with E-state index in [9.17, 15) is 4.79 Å². The third kappa shape index (κ3) is 4.69. The molecular weight excluding hydrogens is 372 g/mol. The molecule has 0 aliphatic rings.